The molecule has 5 rings (SSSR count). The molecule has 1 aromatic carbocycles. The number of aromatic nitrogens is 1. The molecule has 2 aliphatic heterocycles. The van der Waals surface area contributed by atoms with Crippen LogP contribution >= 0.6 is 27.3 Å². The van der Waals surface area contributed by atoms with Crippen molar-refractivity contribution in [3.63, 3.8) is 0 Å². The van der Waals surface area contributed by atoms with Gasteiger partial charge in [-0.15, -0.1) is 11.3 Å². The maximum absolute atomic E-state index is 13.3. The number of carbonyl (C=O) groups excluding carboxylic acids is 2. The van der Waals surface area contributed by atoms with Gasteiger partial charge < -0.3 is 23.3 Å². The van der Waals surface area contributed by atoms with E-state index in [-0.39, 0.29) is 11.6 Å². The Kier molecular flexibility index (Phi) is 5.16. The maximum atomic E-state index is 13.3. The van der Waals surface area contributed by atoms with Crippen LogP contribution in [0.1, 0.15) is 39.6 Å². The van der Waals surface area contributed by atoms with Gasteiger partial charge in [-0.05, 0) is 50.2 Å². The van der Waals surface area contributed by atoms with Crippen LogP contribution in [0.25, 0.3) is 4.83 Å². The fraction of sp³-hybridized carbons (Fsp3) is 0.364. The topological polar surface area (TPSA) is 75.5 Å². The third-order valence-corrected chi connectivity index (χ3v) is 7.04. The zero-order valence-electron chi connectivity index (χ0n) is 17.0. The monoisotopic (exact) mass is 505 g/mol. The summed E-state index contributed by atoms with van der Waals surface area (Å²) < 4.78 is 25.7. The highest BCUT2D eigenvalue weighted by atomic mass is 79.9. The molecule has 2 saturated heterocycles. The third kappa shape index (κ3) is 3.59. The van der Waals surface area contributed by atoms with Gasteiger partial charge in [0.25, 0.3) is 0 Å². The van der Waals surface area contributed by atoms with E-state index in [0.29, 0.717) is 16.1 Å². The van der Waals surface area contributed by atoms with Crippen LogP contribution in [0.4, 0.5) is 0 Å². The summed E-state index contributed by atoms with van der Waals surface area (Å²) in [5, 5.41) is 0. The van der Waals surface area contributed by atoms with Crippen molar-refractivity contribution in [3.05, 3.63) is 63.2 Å². The minimum atomic E-state index is -0.843. The first-order valence-corrected chi connectivity index (χ1v) is 11.4. The van der Waals surface area contributed by atoms with E-state index in [0.717, 1.165) is 9.30 Å². The fourth-order valence-corrected chi connectivity index (χ4v) is 5.29. The average molecular weight is 506 g/mol. The van der Waals surface area contributed by atoms with Crippen LogP contribution in [0.2, 0.25) is 0 Å². The van der Waals surface area contributed by atoms with Gasteiger partial charge in [-0.25, -0.2) is 0 Å². The minimum Gasteiger partial charge on any atom is -0.375 e. The molecule has 0 saturated carbocycles. The summed E-state index contributed by atoms with van der Waals surface area (Å²) in [6.45, 7) is 3.59. The molecule has 31 heavy (non-hydrogen) atoms. The SMILES string of the molecule is CO[C@@H]1[C@H]2OC(C)(C)O[C@H]2O[C@@H]1C(=O)c1cn2c(C(=O)c3ccc(Br)cc3)ccc2s1. The molecule has 9 heteroatoms. The summed E-state index contributed by atoms with van der Waals surface area (Å²) in [7, 11) is 1.53. The van der Waals surface area contributed by atoms with Gasteiger partial charge in [0.15, 0.2) is 18.2 Å². The van der Waals surface area contributed by atoms with Gasteiger partial charge in [-0.2, -0.15) is 0 Å². The van der Waals surface area contributed by atoms with E-state index in [1.165, 1.54) is 18.4 Å². The molecule has 2 fully saturated rings. The number of rotatable bonds is 5. The number of hydrogen-bond acceptors (Lipinski definition) is 7. The Morgan fingerprint density at radius 2 is 1.87 bits per heavy atom. The van der Waals surface area contributed by atoms with E-state index in [1.807, 2.05) is 18.2 Å². The lowest BCUT2D eigenvalue weighted by atomic mass is 10.1. The largest absolute Gasteiger partial charge is 0.375 e. The van der Waals surface area contributed by atoms with Gasteiger partial charge in [-0.3, -0.25) is 9.59 Å². The Morgan fingerprint density at radius 3 is 2.58 bits per heavy atom. The molecule has 0 amide bonds. The minimum absolute atomic E-state index is 0.116. The molecule has 0 N–H and O–H groups in total. The van der Waals surface area contributed by atoms with E-state index in [1.54, 1.807) is 42.6 Å². The zero-order chi connectivity index (χ0) is 21.9. The second kappa shape index (κ2) is 7.61. The predicted molar refractivity (Wildman–Crippen MR) is 117 cm³/mol. The van der Waals surface area contributed by atoms with E-state index in [2.05, 4.69) is 15.9 Å². The summed E-state index contributed by atoms with van der Waals surface area (Å²) in [5.74, 6) is -1.13. The molecule has 0 unspecified atom stereocenters. The van der Waals surface area contributed by atoms with Crippen LogP contribution in [-0.4, -0.2) is 53.5 Å². The molecule has 162 valence electrons. The highest BCUT2D eigenvalue weighted by Gasteiger charge is 2.57. The van der Waals surface area contributed by atoms with Crippen LogP contribution in [0, 0.1) is 0 Å². The fourth-order valence-electron chi connectivity index (χ4n) is 4.04. The molecule has 2 aromatic heterocycles. The first-order chi connectivity index (χ1) is 14.8. The van der Waals surface area contributed by atoms with Crippen molar-refractivity contribution in [1.29, 1.82) is 0 Å². The predicted octanol–water partition coefficient (Wildman–Crippen LogP) is 4.07. The number of ether oxygens (including phenoxy) is 4. The number of ketones is 2. The van der Waals surface area contributed by atoms with Gasteiger partial charge in [0.2, 0.25) is 11.6 Å². The summed E-state index contributed by atoms with van der Waals surface area (Å²) in [4.78, 5) is 27.5. The quantitative estimate of drug-likeness (QED) is 0.486. The van der Waals surface area contributed by atoms with Crippen molar-refractivity contribution >= 4 is 43.7 Å². The van der Waals surface area contributed by atoms with Crippen LogP contribution in [0.15, 0.2) is 47.1 Å². The Balaban J connectivity index is 1.42. The van der Waals surface area contributed by atoms with Crippen molar-refractivity contribution in [2.24, 2.45) is 0 Å². The summed E-state index contributed by atoms with van der Waals surface area (Å²) in [5.41, 5.74) is 1.07. The smallest absolute Gasteiger partial charge is 0.209 e. The second-order valence-electron chi connectivity index (χ2n) is 7.95. The normalized spacial score (nSPS) is 27.0. The van der Waals surface area contributed by atoms with Crippen molar-refractivity contribution in [2.45, 2.75) is 44.2 Å². The highest BCUT2D eigenvalue weighted by Crippen LogP contribution is 2.40. The van der Waals surface area contributed by atoms with Gasteiger partial charge in [-0.1, -0.05) is 15.9 Å². The van der Waals surface area contributed by atoms with Crippen LogP contribution < -0.4 is 0 Å². The van der Waals surface area contributed by atoms with Crippen molar-refractivity contribution in [3.8, 4) is 0 Å². The molecule has 7 nitrogen and oxygen atoms in total. The van der Waals surface area contributed by atoms with E-state index >= 15 is 0 Å². The van der Waals surface area contributed by atoms with E-state index in [9.17, 15) is 9.59 Å². The molecular formula is C22H20BrNO6S. The van der Waals surface area contributed by atoms with Crippen molar-refractivity contribution in [2.75, 3.05) is 7.11 Å². The summed E-state index contributed by atoms with van der Waals surface area (Å²) >= 11 is 4.68. The lowest BCUT2D eigenvalue weighted by molar-refractivity contribution is -0.210. The molecule has 4 heterocycles. The number of nitrogens with zero attached hydrogens (tertiary/aromatic N) is 1. The maximum Gasteiger partial charge on any atom is 0.209 e. The van der Waals surface area contributed by atoms with Crippen molar-refractivity contribution in [1.82, 2.24) is 4.40 Å². The van der Waals surface area contributed by atoms with Crippen LogP contribution in [-0.2, 0) is 18.9 Å². The van der Waals surface area contributed by atoms with Crippen LogP contribution in [0.3, 0.4) is 0 Å². The summed E-state index contributed by atoms with van der Waals surface area (Å²) in [6, 6.07) is 10.8. The molecule has 4 atom stereocenters. The molecule has 0 spiro atoms. The number of hydrogen-bond donors (Lipinski definition) is 0. The molecule has 0 bridgehead atoms. The summed E-state index contributed by atoms with van der Waals surface area (Å²) in [6.07, 6.45) is -0.872. The van der Waals surface area contributed by atoms with Crippen molar-refractivity contribution < 1.29 is 28.5 Å². The lowest BCUT2D eigenvalue weighted by Crippen LogP contribution is -2.39. The third-order valence-electron chi connectivity index (χ3n) is 5.45. The number of thiazole rings is 1. The second-order valence-corrected chi connectivity index (χ2v) is 9.93. The first kappa shape index (κ1) is 21.0. The number of Topliss-reactive ketones (excluding diaryl/α,β-unsaturated/α-hetero) is 1. The van der Waals surface area contributed by atoms with Gasteiger partial charge in [0, 0.05) is 23.3 Å². The number of benzene rings is 1. The highest BCUT2D eigenvalue weighted by molar-refractivity contribution is 9.10. The standard InChI is InChI=1S/C22H20BrNO6S/c1-22(2)29-20-19(27-3)18(28-21(20)30-22)17(26)14-10-24-13(8-9-15(24)31-14)16(25)11-4-6-12(23)7-5-11/h4-10,18-21H,1-3H3/t18-,19+,20-,21-/m1/s1. The van der Waals surface area contributed by atoms with Crippen LogP contribution in [0.5, 0.6) is 0 Å². The average Bonchev–Trinajstić information content (AvgIpc) is 3.45. The Hall–Kier alpha value is -1.88. The lowest BCUT2D eigenvalue weighted by Gasteiger charge is -2.23. The molecule has 0 aliphatic carbocycles. The zero-order valence-corrected chi connectivity index (χ0v) is 19.4. The van der Waals surface area contributed by atoms with Gasteiger partial charge in [0.05, 0.1) is 10.6 Å². The number of carbonyl (C=O) groups is 2. The van der Waals surface area contributed by atoms with Gasteiger partial charge in [0.1, 0.15) is 17.0 Å². The molecule has 3 aromatic rings. The number of halogens is 1. The van der Waals surface area contributed by atoms with E-state index < -0.39 is 30.4 Å². The van der Waals surface area contributed by atoms with Gasteiger partial charge >= 0.3 is 0 Å². The Morgan fingerprint density at radius 1 is 1.13 bits per heavy atom. The first-order valence-electron chi connectivity index (χ1n) is 9.77. The Labute approximate surface area is 191 Å². The molecule has 0 radical (unpaired) electrons. The Bertz CT molecular complexity index is 1170. The number of fused-ring (bicyclic) bond motifs is 2. The molecule has 2 aliphatic rings. The molecular weight excluding hydrogens is 486 g/mol. The number of methoxy groups -OCH3 is 1. The van der Waals surface area contributed by atoms with E-state index in [4.69, 9.17) is 18.9 Å².